The zero-order valence-electron chi connectivity index (χ0n) is 14.1. The zero-order valence-corrected chi connectivity index (χ0v) is 14.9. The largest absolute Gasteiger partial charge is 0.337 e. The lowest BCUT2D eigenvalue weighted by Crippen LogP contribution is -2.34. The summed E-state index contributed by atoms with van der Waals surface area (Å²) >= 11 is 0. The van der Waals surface area contributed by atoms with E-state index in [4.69, 9.17) is 0 Å². The molecule has 0 aromatic carbocycles. The number of nitrogens with zero attached hydrogens (tertiary/aromatic N) is 3. The Labute approximate surface area is 144 Å². The van der Waals surface area contributed by atoms with Crippen LogP contribution in [0.4, 0.5) is 0 Å². The Morgan fingerprint density at radius 3 is 2.91 bits per heavy atom. The normalized spacial score (nSPS) is 20.5. The Morgan fingerprint density at radius 1 is 1.39 bits per heavy atom. The second-order valence-corrected chi connectivity index (χ2v) is 6.35. The molecule has 3 heterocycles. The minimum atomic E-state index is 0. The van der Waals surface area contributed by atoms with Crippen LogP contribution in [0.25, 0.3) is 0 Å². The van der Waals surface area contributed by atoms with Gasteiger partial charge in [0.15, 0.2) is 5.69 Å². The number of aromatic amines is 1. The number of H-pyrrole nitrogens is 1. The van der Waals surface area contributed by atoms with Crippen molar-refractivity contribution in [3.05, 3.63) is 17.0 Å². The number of fused-ring (bicyclic) bond motifs is 1. The van der Waals surface area contributed by atoms with Crippen LogP contribution in [-0.4, -0.2) is 65.2 Å². The number of carbonyl (C=O) groups is 1. The van der Waals surface area contributed by atoms with Gasteiger partial charge >= 0.3 is 0 Å². The van der Waals surface area contributed by atoms with Gasteiger partial charge in [-0.1, -0.05) is 13.8 Å². The van der Waals surface area contributed by atoms with Crippen molar-refractivity contribution in [3.63, 3.8) is 0 Å². The third kappa shape index (κ3) is 3.87. The number of likely N-dealkylation sites (tertiary alicyclic amines) is 1. The van der Waals surface area contributed by atoms with Gasteiger partial charge in [0, 0.05) is 50.4 Å². The third-order valence-corrected chi connectivity index (χ3v) is 4.99. The smallest absolute Gasteiger partial charge is 0.274 e. The summed E-state index contributed by atoms with van der Waals surface area (Å²) < 4.78 is 0. The predicted octanol–water partition coefficient (Wildman–Crippen LogP) is 1.28. The van der Waals surface area contributed by atoms with Gasteiger partial charge in [-0.15, -0.1) is 12.4 Å². The number of hydrogen-bond donors (Lipinski definition) is 2. The topological polar surface area (TPSA) is 64.3 Å². The molecule has 0 bridgehead atoms. The highest BCUT2D eigenvalue weighted by Gasteiger charge is 2.31. The van der Waals surface area contributed by atoms with Gasteiger partial charge in [0.2, 0.25) is 0 Å². The van der Waals surface area contributed by atoms with E-state index >= 15 is 0 Å². The summed E-state index contributed by atoms with van der Waals surface area (Å²) in [6, 6.07) is 0. The summed E-state index contributed by atoms with van der Waals surface area (Å²) in [5.74, 6) is 0.694. The molecule has 23 heavy (non-hydrogen) atoms. The Hall–Kier alpha value is -1.11. The summed E-state index contributed by atoms with van der Waals surface area (Å²) in [4.78, 5) is 17.2. The fourth-order valence-electron chi connectivity index (χ4n) is 3.57. The molecular weight excluding hydrogens is 314 g/mol. The molecule has 1 aromatic rings. The predicted molar refractivity (Wildman–Crippen MR) is 93.0 cm³/mol. The van der Waals surface area contributed by atoms with Crippen molar-refractivity contribution in [1.82, 2.24) is 25.3 Å². The van der Waals surface area contributed by atoms with Crippen LogP contribution in [-0.2, 0) is 13.0 Å². The van der Waals surface area contributed by atoms with Gasteiger partial charge in [-0.2, -0.15) is 5.10 Å². The van der Waals surface area contributed by atoms with Gasteiger partial charge in [-0.05, 0) is 25.4 Å². The van der Waals surface area contributed by atoms with Crippen molar-refractivity contribution >= 4 is 18.3 Å². The second-order valence-electron chi connectivity index (χ2n) is 6.35. The molecule has 2 N–H and O–H groups in total. The summed E-state index contributed by atoms with van der Waals surface area (Å²) in [6.07, 6.45) is 2.04. The average Bonchev–Trinajstić information content (AvgIpc) is 3.19. The van der Waals surface area contributed by atoms with Crippen LogP contribution in [0.1, 0.15) is 42.0 Å². The Kier molecular flexibility index (Phi) is 6.44. The number of carbonyl (C=O) groups excluding carboxylic acids is 1. The van der Waals surface area contributed by atoms with Crippen molar-refractivity contribution in [2.45, 2.75) is 33.2 Å². The molecule has 1 unspecified atom stereocenters. The third-order valence-electron chi connectivity index (χ3n) is 4.99. The Balaban J connectivity index is 0.00000192. The fourth-order valence-corrected chi connectivity index (χ4v) is 3.57. The van der Waals surface area contributed by atoms with E-state index in [-0.39, 0.29) is 18.3 Å². The first-order valence-electron chi connectivity index (χ1n) is 8.51. The molecule has 130 valence electrons. The van der Waals surface area contributed by atoms with E-state index in [1.54, 1.807) is 0 Å². The lowest BCUT2D eigenvalue weighted by Gasteiger charge is -2.22. The lowest BCUT2D eigenvalue weighted by atomic mass is 10.1. The van der Waals surface area contributed by atoms with Crippen molar-refractivity contribution in [3.8, 4) is 0 Å². The van der Waals surface area contributed by atoms with Gasteiger partial charge in [-0.25, -0.2) is 0 Å². The number of amides is 1. The molecule has 1 atom stereocenters. The van der Waals surface area contributed by atoms with Crippen molar-refractivity contribution in [2.75, 3.05) is 39.3 Å². The molecular formula is C16H28ClN5O. The van der Waals surface area contributed by atoms with Crippen LogP contribution in [0.2, 0.25) is 0 Å². The maximum atomic E-state index is 12.8. The molecule has 1 fully saturated rings. The van der Waals surface area contributed by atoms with Gasteiger partial charge in [0.1, 0.15) is 0 Å². The first kappa shape index (κ1) is 18.2. The van der Waals surface area contributed by atoms with Crippen molar-refractivity contribution in [1.29, 1.82) is 0 Å². The highest BCUT2D eigenvalue weighted by Crippen LogP contribution is 2.22. The molecule has 2 aliphatic heterocycles. The molecule has 1 saturated heterocycles. The Bertz CT molecular complexity index is 529. The van der Waals surface area contributed by atoms with E-state index in [2.05, 4.69) is 34.3 Å². The first-order chi connectivity index (χ1) is 10.7. The minimum Gasteiger partial charge on any atom is -0.337 e. The molecule has 1 amide bonds. The molecule has 3 rings (SSSR count). The van der Waals surface area contributed by atoms with E-state index in [0.717, 1.165) is 69.9 Å². The van der Waals surface area contributed by atoms with E-state index in [0.29, 0.717) is 11.6 Å². The highest BCUT2D eigenvalue weighted by atomic mass is 35.5. The summed E-state index contributed by atoms with van der Waals surface area (Å²) in [5.41, 5.74) is 2.83. The average molecular weight is 342 g/mol. The van der Waals surface area contributed by atoms with E-state index < -0.39 is 0 Å². The number of hydrogen-bond acceptors (Lipinski definition) is 4. The van der Waals surface area contributed by atoms with Crippen LogP contribution >= 0.6 is 12.4 Å². The van der Waals surface area contributed by atoms with E-state index in [9.17, 15) is 4.79 Å². The first-order valence-corrected chi connectivity index (χ1v) is 8.51. The molecule has 7 heteroatoms. The summed E-state index contributed by atoms with van der Waals surface area (Å²) in [6.45, 7) is 11.1. The van der Waals surface area contributed by atoms with Crippen LogP contribution < -0.4 is 5.32 Å². The molecule has 6 nitrogen and oxygen atoms in total. The number of nitrogens with one attached hydrogen (secondary N) is 2. The second kappa shape index (κ2) is 8.13. The minimum absolute atomic E-state index is 0. The molecule has 0 saturated carbocycles. The molecule has 0 radical (unpaired) electrons. The molecule has 0 spiro atoms. The standard InChI is InChI=1S/C16H27N5O.ClH/c1-3-20(4-2)10-12-6-8-21(11-12)16(22)15-13-9-17-7-5-14(13)18-19-15;/h12,17H,3-11H2,1-2H3,(H,18,19);1H. The molecule has 0 aliphatic carbocycles. The van der Waals surface area contributed by atoms with Crippen LogP contribution in [0.15, 0.2) is 0 Å². The van der Waals surface area contributed by atoms with Crippen LogP contribution in [0.3, 0.4) is 0 Å². The number of aromatic nitrogens is 2. The summed E-state index contributed by atoms with van der Waals surface area (Å²) in [5, 5.41) is 10.7. The molecule has 2 aliphatic rings. The molecule has 1 aromatic heterocycles. The zero-order chi connectivity index (χ0) is 15.5. The van der Waals surface area contributed by atoms with Crippen LogP contribution in [0.5, 0.6) is 0 Å². The van der Waals surface area contributed by atoms with E-state index in [1.807, 2.05) is 4.90 Å². The van der Waals surface area contributed by atoms with Gasteiger partial charge in [0.25, 0.3) is 5.91 Å². The van der Waals surface area contributed by atoms with Crippen molar-refractivity contribution < 1.29 is 4.79 Å². The van der Waals surface area contributed by atoms with Crippen molar-refractivity contribution in [2.24, 2.45) is 5.92 Å². The lowest BCUT2D eigenvalue weighted by molar-refractivity contribution is 0.0776. The number of rotatable bonds is 5. The fraction of sp³-hybridized carbons (Fsp3) is 0.750. The van der Waals surface area contributed by atoms with E-state index in [1.165, 1.54) is 0 Å². The monoisotopic (exact) mass is 341 g/mol. The summed E-state index contributed by atoms with van der Waals surface area (Å²) in [7, 11) is 0. The maximum absolute atomic E-state index is 12.8. The maximum Gasteiger partial charge on any atom is 0.274 e. The highest BCUT2D eigenvalue weighted by molar-refractivity contribution is 5.94. The van der Waals surface area contributed by atoms with Gasteiger partial charge in [-0.3, -0.25) is 9.89 Å². The SMILES string of the molecule is CCN(CC)CC1CCN(C(=O)c2n[nH]c3c2CNCC3)C1.Cl. The Morgan fingerprint density at radius 2 is 2.17 bits per heavy atom. The van der Waals surface area contributed by atoms with Gasteiger partial charge in [0.05, 0.1) is 0 Å². The number of halogens is 1. The quantitative estimate of drug-likeness (QED) is 0.847. The van der Waals surface area contributed by atoms with Gasteiger partial charge < -0.3 is 15.1 Å². The van der Waals surface area contributed by atoms with Crippen LogP contribution in [0, 0.1) is 5.92 Å².